The van der Waals surface area contributed by atoms with E-state index in [0.29, 0.717) is 11.3 Å². The number of hydrogen-bond acceptors (Lipinski definition) is 3. The largest absolute Gasteiger partial charge is 0.493 e. The van der Waals surface area contributed by atoms with Crippen LogP contribution in [0.4, 0.5) is 0 Å². The SMILES string of the molecule is CNC(=O)c1cccc(OCCC(=O)O)c1. The van der Waals surface area contributed by atoms with Crippen LogP contribution in [0.15, 0.2) is 24.3 Å². The molecule has 0 bridgehead atoms. The van der Waals surface area contributed by atoms with Crippen LogP contribution in [-0.4, -0.2) is 30.6 Å². The number of carbonyl (C=O) groups is 2. The Labute approximate surface area is 93.0 Å². The topological polar surface area (TPSA) is 75.6 Å². The van der Waals surface area contributed by atoms with E-state index in [9.17, 15) is 9.59 Å². The minimum absolute atomic E-state index is 0.0653. The molecular formula is C11H13NO4. The summed E-state index contributed by atoms with van der Waals surface area (Å²) in [5.41, 5.74) is 0.482. The molecule has 0 aliphatic carbocycles. The van der Waals surface area contributed by atoms with Crippen LogP contribution in [0.3, 0.4) is 0 Å². The van der Waals surface area contributed by atoms with Gasteiger partial charge in [0.1, 0.15) is 5.75 Å². The van der Waals surface area contributed by atoms with Crippen molar-refractivity contribution in [1.82, 2.24) is 5.32 Å². The molecule has 0 saturated heterocycles. The molecule has 0 saturated carbocycles. The van der Waals surface area contributed by atoms with E-state index >= 15 is 0 Å². The monoisotopic (exact) mass is 223 g/mol. The minimum atomic E-state index is -0.914. The summed E-state index contributed by atoms with van der Waals surface area (Å²) in [4.78, 5) is 21.6. The fourth-order valence-electron chi connectivity index (χ4n) is 1.13. The highest BCUT2D eigenvalue weighted by Crippen LogP contribution is 2.13. The van der Waals surface area contributed by atoms with Gasteiger partial charge in [-0.2, -0.15) is 0 Å². The molecule has 0 unspecified atom stereocenters. The summed E-state index contributed by atoms with van der Waals surface area (Å²) < 4.78 is 5.19. The molecule has 0 aliphatic rings. The summed E-state index contributed by atoms with van der Waals surface area (Å²) in [6.07, 6.45) is -0.0653. The van der Waals surface area contributed by atoms with E-state index in [4.69, 9.17) is 9.84 Å². The van der Waals surface area contributed by atoms with Gasteiger partial charge in [0.05, 0.1) is 13.0 Å². The second kappa shape index (κ2) is 5.75. The van der Waals surface area contributed by atoms with E-state index in [-0.39, 0.29) is 18.9 Å². The standard InChI is InChI=1S/C11H13NO4/c1-12-11(15)8-3-2-4-9(7-8)16-6-5-10(13)14/h2-4,7H,5-6H2,1H3,(H,12,15)(H,13,14). The lowest BCUT2D eigenvalue weighted by atomic mass is 10.2. The third-order valence-electron chi connectivity index (χ3n) is 1.91. The van der Waals surface area contributed by atoms with Crippen molar-refractivity contribution in [3.8, 4) is 5.75 Å². The highest BCUT2D eigenvalue weighted by Gasteiger charge is 2.04. The Balaban J connectivity index is 2.60. The number of hydrogen-bond donors (Lipinski definition) is 2. The van der Waals surface area contributed by atoms with Crippen molar-refractivity contribution >= 4 is 11.9 Å². The molecular weight excluding hydrogens is 210 g/mol. The van der Waals surface area contributed by atoms with Crippen molar-refractivity contribution < 1.29 is 19.4 Å². The number of aliphatic carboxylic acids is 1. The third kappa shape index (κ3) is 3.61. The number of rotatable bonds is 5. The highest BCUT2D eigenvalue weighted by molar-refractivity contribution is 5.94. The number of carbonyl (C=O) groups excluding carboxylic acids is 1. The molecule has 0 aromatic heterocycles. The van der Waals surface area contributed by atoms with Gasteiger partial charge in [-0.15, -0.1) is 0 Å². The van der Waals surface area contributed by atoms with E-state index in [1.165, 1.54) is 0 Å². The number of carboxylic acid groups (broad SMARTS) is 1. The summed E-state index contributed by atoms with van der Waals surface area (Å²) in [6.45, 7) is 0.0898. The zero-order chi connectivity index (χ0) is 12.0. The second-order valence-electron chi connectivity index (χ2n) is 3.10. The summed E-state index contributed by atoms with van der Waals surface area (Å²) in [7, 11) is 1.54. The lowest BCUT2D eigenvalue weighted by Crippen LogP contribution is -2.17. The molecule has 1 aromatic rings. The van der Waals surface area contributed by atoms with Gasteiger partial charge in [0, 0.05) is 12.6 Å². The molecule has 0 heterocycles. The van der Waals surface area contributed by atoms with Crippen LogP contribution in [0.1, 0.15) is 16.8 Å². The number of nitrogens with one attached hydrogen (secondary N) is 1. The predicted molar refractivity (Wildman–Crippen MR) is 57.6 cm³/mol. The number of amides is 1. The number of benzene rings is 1. The van der Waals surface area contributed by atoms with Gasteiger partial charge in [0.25, 0.3) is 5.91 Å². The van der Waals surface area contributed by atoms with Gasteiger partial charge in [-0.3, -0.25) is 9.59 Å². The second-order valence-corrected chi connectivity index (χ2v) is 3.10. The molecule has 2 N–H and O–H groups in total. The lowest BCUT2D eigenvalue weighted by Gasteiger charge is -2.06. The normalized spacial score (nSPS) is 9.56. The van der Waals surface area contributed by atoms with Crippen molar-refractivity contribution in [1.29, 1.82) is 0 Å². The first-order valence-corrected chi connectivity index (χ1v) is 4.80. The zero-order valence-electron chi connectivity index (χ0n) is 8.90. The van der Waals surface area contributed by atoms with Crippen LogP contribution in [-0.2, 0) is 4.79 Å². The van der Waals surface area contributed by atoms with E-state index in [0.717, 1.165) is 0 Å². The Morgan fingerprint density at radius 1 is 1.44 bits per heavy atom. The van der Waals surface area contributed by atoms with Crippen LogP contribution >= 0.6 is 0 Å². The number of carboxylic acids is 1. The van der Waals surface area contributed by atoms with E-state index in [1.54, 1.807) is 31.3 Å². The Morgan fingerprint density at radius 3 is 2.81 bits per heavy atom. The molecule has 1 amide bonds. The fraction of sp³-hybridized carbons (Fsp3) is 0.273. The molecule has 0 aliphatic heterocycles. The maximum Gasteiger partial charge on any atom is 0.306 e. The van der Waals surface area contributed by atoms with Crippen LogP contribution in [0.2, 0.25) is 0 Å². The van der Waals surface area contributed by atoms with Gasteiger partial charge >= 0.3 is 5.97 Å². The first-order valence-electron chi connectivity index (χ1n) is 4.80. The quantitative estimate of drug-likeness (QED) is 0.777. The Hall–Kier alpha value is -2.04. The third-order valence-corrected chi connectivity index (χ3v) is 1.91. The molecule has 0 spiro atoms. The summed E-state index contributed by atoms with van der Waals surface area (Å²) in [5.74, 6) is -0.631. The van der Waals surface area contributed by atoms with E-state index in [2.05, 4.69) is 5.32 Å². The predicted octanol–water partition coefficient (Wildman–Crippen LogP) is 0.900. The Kier molecular flexibility index (Phi) is 4.32. The molecule has 0 radical (unpaired) electrons. The van der Waals surface area contributed by atoms with Gasteiger partial charge in [0.15, 0.2) is 0 Å². The zero-order valence-corrected chi connectivity index (χ0v) is 8.90. The van der Waals surface area contributed by atoms with Crippen LogP contribution in [0.5, 0.6) is 5.75 Å². The van der Waals surface area contributed by atoms with Crippen LogP contribution < -0.4 is 10.1 Å². The summed E-state index contributed by atoms with van der Waals surface area (Å²) in [6, 6.07) is 6.58. The summed E-state index contributed by atoms with van der Waals surface area (Å²) >= 11 is 0. The Bertz CT molecular complexity index is 389. The molecule has 5 nitrogen and oxygen atoms in total. The van der Waals surface area contributed by atoms with Crippen molar-refractivity contribution in [2.45, 2.75) is 6.42 Å². The van der Waals surface area contributed by atoms with Crippen LogP contribution in [0, 0.1) is 0 Å². The highest BCUT2D eigenvalue weighted by atomic mass is 16.5. The first-order chi connectivity index (χ1) is 7.63. The van der Waals surface area contributed by atoms with Gasteiger partial charge in [0.2, 0.25) is 0 Å². The molecule has 0 fully saturated rings. The Morgan fingerprint density at radius 2 is 2.19 bits per heavy atom. The number of ether oxygens (including phenoxy) is 1. The van der Waals surface area contributed by atoms with Crippen molar-refractivity contribution in [3.63, 3.8) is 0 Å². The van der Waals surface area contributed by atoms with Gasteiger partial charge in [-0.25, -0.2) is 0 Å². The molecule has 86 valence electrons. The van der Waals surface area contributed by atoms with E-state index < -0.39 is 5.97 Å². The van der Waals surface area contributed by atoms with E-state index in [1.807, 2.05) is 0 Å². The lowest BCUT2D eigenvalue weighted by molar-refractivity contribution is -0.137. The first kappa shape index (κ1) is 12.0. The average Bonchev–Trinajstić information content (AvgIpc) is 2.28. The average molecular weight is 223 g/mol. The fourth-order valence-corrected chi connectivity index (χ4v) is 1.13. The molecule has 5 heteroatoms. The van der Waals surface area contributed by atoms with Crippen molar-refractivity contribution in [2.75, 3.05) is 13.7 Å². The summed E-state index contributed by atoms with van der Waals surface area (Å²) in [5, 5.41) is 10.9. The maximum absolute atomic E-state index is 11.3. The maximum atomic E-state index is 11.3. The van der Waals surface area contributed by atoms with Gasteiger partial charge < -0.3 is 15.2 Å². The molecule has 1 rings (SSSR count). The van der Waals surface area contributed by atoms with Crippen LogP contribution in [0.25, 0.3) is 0 Å². The van der Waals surface area contributed by atoms with Gasteiger partial charge in [-0.1, -0.05) is 6.07 Å². The molecule has 16 heavy (non-hydrogen) atoms. The minimum Gasteiger partial charge on any atom is -0.493 e. The molecule has 0 atom stereocenters. The van der Waals surface area contributed by atoms with Gasteiger partial charge in [-0.05, 0) is 18.2 Å². The smallest absolute Gasteiger partial charge is 0.306 e. The molecule has 1 aromatic carbocycles. The van der Waals surface area contributed by atoms with Crippen molar-refractivity contribution in [2.24, 2.45) is 0 Å². The van der Waals surface area contributed by atoms with Crippen molar-refractivity contribution in [3.05, 3.63) is 29.8 Å².